The number of carbonyl (C=O) groups is 1. The van der Waals surface area contributed by atoms with Crippen LogP contribution in [-0.2, 0) is 11.2 Å². The van der Waals surface area contributed by atoms with E-state index in [-0.39, 0.29) is 11.7 Å². The van der Waals surface area contributed by atoms with Crippen molar-refractivity contribution in [2.24, 2.45) is 5.73 Å². The zero-order chi connectivity index (χ0) is 14.8. The summed E-state index contributed by atoms with van der Waals surface area (Å²) in [5.74, 6) is 0.519. The molecule has 0 saturated heterocycles. The van der Waals surface area contributed by atoms with E-state index in [1.54, 1.807) is 13.2 Å². The van der Waals surface area contributed by atoms with E-state index in [2.05, 4.69) is 0 Å². The van der Waals surface area contributed by atoms with Gasteiger partial charge in [-0.2, -0.15) is 0 Å². The summed E-state index contributed by atoms with van der Waals surface area (Å²) >= 11 is 0. The van der Waals surface area contributed by atoms with Crippen LogP contribution in [0.4, 0.5) is 0 Å². The van der Waals surface area contributed by atoms with Crippen molar-refractivity contribution in [2.75, 3.05) is 7.11 Å². The second kappa shape index (κ2) is 9.23. The zero-order valence-electron chi connectivity index (χ0n) is 12.2. The summed E-state index contributed by atoms with van der Waals surface area (Å²) in [6, 6.07) is 5.50. The predicted molar refractivity (Wildman–Crippen MR) is 79.9 cm³/mol. The minimum absolute atomic E-state index is 0.186. The summed E-state index contributed by atoms with van der Waals surface area (Å²) < 4.78 is 5.09. The van der Waals surface area contributed by atoms with Gasteiger partial charge in [0.15, 0.2) is 11.5 Å². The van der Waals surface area contributed by atoms with Crippen LogP contribution >= 0.6 is 0 Å². The molecule has 1 amide bonds. The molecule has 0 aliphatic rings. The Hall–Kier alpha value is -1.71. The SMILES string of the molecule is COc1cc(CCCCCCCCC(N)=O)ccc1O. The van der Waals surface area contributed by atoms with Gasteiger partial charge < -0.3 is 15.6 Å². The van der Waals surface area contributed by atoms with Crippen LogP contribution in [0.25, 0.3) is 0 Å². The maximum Gasteiger partial charge on any atom is 0.217 e. The normalized spacial score (nSPS) is 10.4. The van der Waals surface area contributed by atoms with Crippen LogP contribution in [0.5, 0.6) is 11.5 Å². The molecule has 0 fully saturated rings. The van der Waals surface area contributed by atoms with Crippen LogP contribution < -0.4 is 10.5 Å². The second-order valence-corrected chi connectivity index (χ2v) is 5.09. The fourth-order valence-corrected chi connectivity index (χ4v) is 2.21. The maximum absolute atomic E-state index is 10.6. The van der Waals surface area contributed by atoms with Gasteiger partial charge in [-0.25, -0.2) is 0 Å². The number of hydrogen-bond donors (Lipinski definition) is 2. The number of unbranched alkanes of at least 4 members (excludes halogenated alkanes) is 5. The average molecular weight is 279 g/mol. The summed E-state index contributed by atoms with van der Waals surface area (Å²) in [6.45, 7) is 0. The van der Waals surface area contributed by atoms with E-state index in [0.29, 0.717) is 12.2 Å². The molecule has 0 bridgehead atoms. The fourth-order valence-electron chi connectivity index (χ4n) is 2.21. The van der Waals surface area contributed by atoms with Crippen LogP contribution in [-0.4, -0.2) is 18.1 Å². The highest BCUT2D eigenvalue weighted by molar-refractivity contribution is 5.73. The van der Waals surface area contributed by atoms with Gasteiger partial charge in [-0.3, -0.25) is 4.79 Å². The molecule has 112 valence electrons. The van der Waals surface area contributed by atoms with Crippen LogP contribution in [0.2, 0.25) is 0 Å². The molecule has 0 spiro atoms. The highest BCUT2D eigenvalue weighted by atomic mass is 16.5. The van der Waals surface area contributed by atoms with Gasteiger partial charge in [-0.15, -0.1) is 0 Å². The standard InChI is InChI=1S/C16H25NO3/c1-20-15-12-13(10-11-14(15)18)8-6-4-2-3-5-7-9-16(17)19/h10-12,18H,2-9H2,1H3,(H2,17,19). The van der Waals surface area contributed by atoms with Crippen molar-refractivity contribution in [3.63, 3.8) is 0 Å². The lowest BCUT2D eigenvalue weighted by molar-refractivity contribution is -0.118. The molecule has 0 aliphatic carbocycles. The number of aromatic hydroxyl groups is 1. The quantitative estimate of drug-likeness (QED) is 0.646. The smallest absolute Gasteiger partial charge is 0.217 e. The van der Waals surface area contributed by atoms with Crippen molar-refractivity contribution in [3.8, 4) is 11.5 Å². The number of aryl methyl sites for hydroxylation is 1. The summed E-state index contributed by atoms with van der Waals surface area (Å²) in [5, 5.41) is 9.51. The van der Waals surface area contributed by atoms with Gasteiger partial charge in [0.05, 0.1) is 7.11 Å². The number of phenols is 1. The molecule has 0 aliphatic heterocycles. The van der Waals surface area contributed by atoms with E-state index in [9.17, 15) is 9.90 Å². The number of amides is 1. The minimum atomic E-state index is -0.203. The molecule has 4 heteroatoms. The lowest BCUT2D eigenvalue weighted by Crippen LogP contribution is -2.09. The largest absolute Gasteiger partial charge is 0.504 e. The van der Waals surface area contributed by atoms with Gasteiger partial charge in [-0.05, 0) is 37.0 Å². The van der Waals surface area contributed by atoms with Crippen LogP contribution in [0, 0.1) is 0 Å². The zero-order valence-corrected chi connectivity index (χ0v) is 12.2. The third-order valence-corrected chi connectivity index (χ3v) is 3.38. The van der Waals surface area contributed by atoms with Crippen molar-refractivity contribution >= 4 is 5.91 Å². The lowest BCUT2D eigenvalue weighted by Gasteiger charge is -2.06. The molecule has 1 rings (SSSR count). The van der Waals surface area contributed by atoms with Crippen molar-refractivity contribution in [1.82, 2.24) is 0 Å². The molecule has 20 heavy (non-hydrogen) atoms. The molecule has 0 heterocycles. The first kappa shape index (κ1) is 16.3. The van der Waals surface area contributed by atoms with Crippen molar-refractivity contribution in [3.05, 3.63) is 23.8 Å². The first-order valence-corrected chi connectivity index (χ1v) is 7.27. The third-order valence-electron chi connectivity index (χ3n) is 3.38. The monoisotopic (exact) mass is 279 g/mol. The first-order chi connectivity index (χ1) is 9.63. The number of carbonyl (C=O) groups excluding carboxylic acids is 1. The lowest BCUT2D eigenvalue weighted by atomic mass is 10.0. The van der Waals surface area contributed by atoms with Crippen LogP contribution in [0.15, 0.2) is 18.2 Å². The van der Waals surface area contributed by atoms with Crippen molar-refractivity contribution < 1.29 is 14.6 Å². The summed E-state index contributed by atoms with van der Waals surface area (Å²) in [4.78, 5) is 10.6. The summed E-state index contributed by atoms with van der Waals surface area (Å²) in [7, 11) is 1.56. The van der Waals surface area contributed by atoms with E-state index in [1.165, 1.54) is 18.4 Å². The Morgan fingerprint density at radius 1 is 1.15 bits per heavy atom. The molecule has 0 radical (unpaired) electrons. The highest BCUT2D eigenvalue weighted by Crippen LogP contribution is 2.27. The number of primary amides is 1. The molecule has 1 aromatic rings. The van der Waals surface area contributed by atoms with Gasteiger partial charge in [0.1, 0.15) is 0 Å². The average Bonchev–Trinajstić information content (AvgIpc) is 2.43. The molecule has 3 N–H and O–H groups in total. The number of rotatable bonds is 10. The maximum atomic E-state index is 10.6. The van der Waals surface area contributed by atoms with E-state index >= 15 is 0 Å². The third kappa shape index (κ3) is 6.45. The number of nitrogens with two attached hydrogens (primary N) is 1. The van der Waals surface area contributed by atoms with Gasteiger partial charge in [0.25, 0.3) is 0 Å². The number of phenolic OH excluding ortho intramolecular Hbond substituents is 1. The Morgan fingerprint density at radius 2 is 1.80 bits per heavy atom. The summed E-state index contributed by atoms with van der Waals surface area (Å²) in [5.41, 5.74) is 6.27. The predicted octanol–water partition coefficient (Wildman–Crippen LogP) is 3.16. The molecule has 0 aromatic heterocycles. The minimum Gasteiger partial charge on any atom is -0.504 e. The van der Waals surface area contributed by atoms with E-state index in [4.69, 9.17) is 10.5 Å². The van der Waals surface area contributed by atoms with E-state index < -0.39 is 0 Å². The van der Waals surface area contributed by atoms with Crippen LogP contribution in [0.1, 0.15) is 50.5 Å². The molecule has 4 nitrogen and oxygen atoms in total. The van der Waals surface area contributed by atoms with E-state index in [0.717, 1.165) is 32.1 Å². The topological polar surface area (TPSA) is 72.5 Å². The molecule has 0 saturated carbocycles. The Labute approximate surface area is 120 Å². The molecule has 1 aromatic carbocycles. The van der Waals surface area contributed by atoms with Gasteiger partial charge >= 0.3 is 0 Å². The van der Waals surface area contributed by atoms with Gasteiger partial charge in [0.2, 0.25) is 5.91 Å². The Bertz CT molecular complexity index is 418. The fraction of sp³-hybridized carbons (Fsp3) is 0.562. The molecular weight excluding hydrogens is 254 g/mol. The Balaban J connectivity index is 2.11. The molecular formula is C16H25NO3. The van der Waals surface area contributed by atoms with Crippen molar-refractivity contribution in [1.29, 1.82) is 0 Å². The first-order valence-electron chi connectivity index (χ1n) is 7.27. The molecule has 0 unspecified atom stereocenters. The molecule has 0 atom stereocenters. The van der Waals surface area contributed by atoms with Crippen LogP contribution in [0.3, 0.4) is 0 Å². The number of methoxy groups -OCH3 is 1. The van der Waals surface area contributed by atoms with E-state index in [1.807, 2.05) is 12.1 Å². The number of benzene rings is 1. The number of ether oxygens (including phenoxy) is 1. The van der Waals surface area contributed by atoms with Crippen molar-refractivity contribution in [2.45, 2.75) is 51.4 Å². The van der Waals surface area contributed by atoms with Gasteiger partial charge in [-0.1, -0.05) is 31.7 Å². The second-order valence-electron chi connectivity index (χ2n) is 5.09. The Morgan fingerprint density at radius 3 is 2.45 bits per heavy atom. The van der Waals surface area contributed by atoms with Gasteiger partial charge in [0, 0.05) is 6.42 Å². The summed E-state index contributed by atoms with van der Waals surface area (Å²) in [6.07, 6.45) is 8.15. The Kier molecular flexibility index (Phi) is 7.55. The highest BCUT2D eigenvalue weighted by Gasteiger charge is 2.02. The number of hydrogen-bond acceptors (Lipinski definition) is 3.